The number of alkyl halides is 3. The Kier molecular flexibility index (Phi) is 3.57. The molecule has 0 bridgehead atoms. The van der Waals surface area contributed by atoms with Gasteiger partial charge in [0.1, 0.15) is 5.02 Å². The molecule has 0 aliphatic carbocycles. The van der Waals surface area contributed by atoms with Gasteiger partial charge in [0.15, 0.2) is 5.82 Å². The zero-order chi connectivity index (χ0) is 11.5. The SMILES string of the molecule is O=c1[nH]cnc(NCCC(F)(F)F)c1Cl. The Hall–Kier alpha value is -1.24. The summed E-state index contributed by atoms with van der Waals surface area (Å²) in [5.74, 6) is -0.0512. The van der Waals surface area contributed by atoms with E-state index in [0.29, 0.717) is 0 Å². The summed E-state index contributed by atoms with van der Waals surface area (Å²) in [5.41, 5.74) is -0.596. The van der Waals surface area contributed by atoms with Crippen molar-refractivity contribution in [1.29, 1.82) is 0 Å². The lowest BCUT2D eigenvalue weighted by molar-refractivity contribution is -0.131. The van der Waals surface area contributed by atoms with Gasteiger partial charge in [0.2, 0.25) is 0 Å². The molecule has 84 valence electrons. The third kappa shape index (κ3) is 3.78. The molecule has 0 aromatic carbocycles. The molecule has 0 saturated heterocycles. The maximum atomic E-state index is 11.8. The number of H-pyrrole nitrogens is 1. The third-order valence-electron chi connectivity index (χ3n) is 1.50. The fourth-order valence-corrected chi connectivity index (χ4v) is 0.999. The fraction of sp³-hybridized carbons (Fsp3) is 0.429. The van der Waals surface area contributed by atoms with Crippen LogP contribution in [0.1, 0.15) is 6.42 Å². The molecule has 0 aliphatic heterocycles. The highest BCUT2D eigenvalue weighted by atomic mass is 35.5. The standard InChI is InChI=1S/C7H7ClF3N3O/c8-4-5(13-3-14-6(4)15)12-2-1-7(9,10)11/h3H,1-2H2,(H2,12,13,14,15). The van der Waals surface area contributed by atoms with E-state index in [4.69, 9.17) is 11.6 Å². The predicted octanol–water partition coefficient (Wildman–Crippen LogP) is 1.79. The largest absolute Gasteiger partial charge is 0.390 e. The number of anilines is 1. The minimum absolute atomic E-state index is 0.0512. The molecule has 4 nitrogen and oxygen atoms in total. The summed E-state index contributed by atoms with van der Waals surface area (Å²) >= 11 is 5.49. The number of hydrogen-bond acceptors (Lipinski definition) is 3. The van der Waals surface area contributed by atoms with E-state index in [1.54, 1.807) is 0 Å². The van der Waals surface area contributed by atoms with Crippen LogP contribution in [0.4, 0.5) is 19.0 Å². The van der Waals surface area contributed by atoms with Gasteiger partial charge in [-0.3, -0.25) is 4.79 Å². The highest BCUT2D eigenvalue weighted by molar-refractivity contribution is 6.32. The van der Waals surface area contributed by atoms with Crippen LogP contribution in [0, 0.1) is 0 Å². The normalized spacial score (nSPS) is 11.5. The average molecular weight is 242 g/mol. The lowest BCUT2D eigenvalue weighted by Crippen LogP contribution is -2.17. The Morgan fingerprint density at radius 1 is 1.53 bits per heavy atom. The smallest absolute Gasteiger partial charge is 0.368 e. The second-order valence-corrected chi connectivity index (χ2v) is 3.06. The van der Waals surface area contributed by atoms with Gasteiger partial charge in [0, 0.05) is 6.54 Å². The van der Waals surface area contributed by atoms with Gasteiger partial charge in [-0.15, -0.1) is 0 Å². The molecule has 1 rings (SSSR count). The summed E-state index contributed by atoms with van der Waals surface area (Å²) in [4.78, 5) is 16.7. The minimum Gasteiger partial charge on any atom is -0.368 e. The van der Waals surface area contributed by atoms with E-state index in [1.165, 1.54) is 0 Å². The van der Waals surface area contributed by atoms with Crippen LogP contribution >= 0.6 is 11.6 Å². The van der Waals surface area contributed by atoms with Crippen molar-refractivity contribution in [2.75, 3.05) is 11.9 Å². The number of nitrogens with zero attached hydrogens (tertiary/aromatic N) is 1. The van der Waals surface area contributed by atoms with Crippen LogP contribution in [0.3, 0.4) is 0 Å². The Bertz CT molecular complexity index is 390. The molecule has 0 amide bonds. The molecule has 1 aromatic heterocycles. The Labute approximate surface area is 87.5 Å². The zero-order valence-corrected chi connectivity index (χ0v) is 8.11. The van der Waals surface area contributed by atoms with Crippen LogP contribution in [-0.4, -0.2) is 22.7 Å². The monoisotopic (exact) mass is 241 g/mol. The lowest BCUT2D eigenvalue weighted by atomic mass is 10.4. The van der Waals surface area contributed by atoms with Crippen LogP contribution in [0.15, 0.2) is 11.1 Å². The molecule has 0 atom stereocenters. The minimum atomic E-state index is -4.25. The van der Waals surface area contributed by atoms with Crippen molar-refractivity contribution < 1.29 is 13.2 Å². The quantitative estimate of drug-likeness (QED) is 0.848. The van der Waals surface area contributed by atoms with E-state index in [9.17, 15) is 18.0 Å². The van der Waals surface area contributed by atoms with Gasteiger partial charge >= 0.3 is 6.18 Å². The topological polar surface area (TPSA) is 57.8 Å². The maximum absolute atomic E-state index is 11.8. The van der Waals surface area contributed by atoms with Gasteiger partial charge in [-0.05, 0) is 0 Å². The number of aromatic amines is 1. The fourth-order valence-electron chi connectivity index (χ4n) is 0.829. The van der Waals surface area contributed by atoms with Crippen molar-refractivity contribution in [1.82, 2.24) is 9.97 Å². The highest BCUT2D eigenvalue weighted by Crippen LogP contribution is 2.20. The van der Waals surface area contributed by atoms with Crippen LogP contribution in [0.25, 0.3) is 0 Å². The Morgan fingerprint density at radius 3 is 2.80 bits per heavy atom. The van der Waals surface area contributed by atoms with Gasteiger partial charge in [0.05, 0.1) is 12.7 Å². The van der Waals surface area contributed by atoms with Crippen LogP contribution < -0.4 is 10.9 Å². The van der Waals surface area contributed by atoms with Crippen molar-refractivity contribution in [3.63, 3.8) is 0 Å². The molecule has 8 heteroatoms. The van der Waals surface area contributed by atoms with Crippen molar-refractivity contribution in [2.45, 2.75) is 12.6 Å². The second-order valence-electron chi connectivity index (χ2n) is 2.69. The van der Waals surface area contributed by atoms with Gasteiger partial charge in [-0.2, -0.15) is 13.2 Å². The van der Waals surface area contributed by atoms with Gasteiger partial charge in [-0.25, -0.2) is 4.98 Å². The van der Waals surface area contributed by atoms with Gasteiger partial charge in [-0.1, -0.05) is 11.6 Å². The molecular weight excluding hydrogens is 235 g/mol. The van der Waals surface area contributed by atoms with Crippen molar-refractivity contribution in [3.8, 4) is 0 Å². The van der Waals surface area contributed by atoms with E-state index in [-0.39, 0.29) is 17.4 Å². The number of hydrogen-bond donors (Lipinski definition) is 2. The number of aromatic nitrogens is 2. The molecule has 15 heavy (non-hydrogen) atoms. The summed E-state index contributed by atoms with van der Waals surface area (Å²) in [6.45, 7) is -0.375. The number of rotatable bonds is 3. The molecule has 0 saturated carbocycles. The molecular formula is C7H7ClF3N3O. The molecule has 0 unspecified atom stereocenters. The van der Waals surface area contributed by atoms with Crippen LogP contribution in [-0.2, 0) is 0 Å². The second kappa shape index (κ2) is 4.52. The van der Waals surface area contributed by atoms with Gasteiger partial charge < -0.3 is 10.3 Å². The summed E-state index contributed by atoms with van der Waals surface area (Å²) in [6, 6.07) is 0. The lowest BCUT2D eigenvalue weighted by Gasteiger charge is -2.08. The first-order valence-corrected chi connectivity index (χ1v) is 4.32. The molecule has 2 N–H and O–H groups in total. The third-order valence-corrected chi connectivity index (χ3v) is 1.85. The van der Waals surface area contributed by atoms with E-state index < -0.39 is 18.2 Å². The molecule has 1 aromatic rings. The highest BCUT2D eigenvalue weighted by Gasteiger charge is 2.26. The van der Waals surface area contributed by atoms with Crippen LogP contribution in [0.5, 0.6) is 0 Å². The summed E-state index contributed by atoms with van der Waals surface area (Å²) in [7, 11) is 0. The molecule has 0 aliphatic rings. The first-order chi connectivity index (χ1) is 6.90. The Morgan fingerprint density at radius 2 is 2.20 bits per heavy atom. The first kappa shape index (κ1) is 11.8. The number of halogens is 4. The number of nitrogens with one attached hydrogen (secondary N) is 2. The molecule has 0 spiro atoms. The maximum Gasteiger partial charge on any atom is 0.390 e. The van der Waals surface area contributed by atoms with Crippen molar-refractivity contribution in [3.05, 3.63) is 21.7 Å². The zero-order valence-electron chi connectivity index (χ0n) is 7.36. The average Bonchev–Trinajstić information content (AvgIpc) is 2.10. The van der Waals surface area contributed by atoms with E-state index in [2.05, 4.69) is 15.3 Å². The van der Waals surface area contributed by atoms with Crippen molar-refractivity contribution >= 4 is 17.4 Å². The van der Waals surface area contributed by atoms with E-state index in [0.717, 1.165) is 6.33 Å². The summed E-state index contributed by atoms with van der Waals surface area (Å²) in [5, 5.41) is 2.08. The predicted molar refractivity (Wildman–Crippen MR) is 49.0 cm³/mol. The molecule has 1 heterocycles. The van der Waals surface area contributed by atoms with Gasteiger partial charge in [0.25, 0.3) is 5.56 Å². The molecule has 0 radical (unpaired) electrons. The van der Waals surface area contributed by atoms with E-state index >= 15 is 0 Å². The Balaban J connectivity index is 2.59. The van der Waals surface area contributed by atoms with Crippen molar-refractivity contribution in [2.24, 2.45) is 0 Å². The summed E-state index contributed by atoms with van der Waals surface area (Å²) in [6.07, 6.45) is -4.21. The summed E-state index contributed by atoms with van der Waals surface area (Å²) < 4.78 is 35.3. The van der Waals surface area contributed by atoms with Crippen LogP contribution in [0.2, 0.25) is 5.02 Å². The first-order valence-electron chi connectivity index (χ1n) is 3.94. The van der Waals surface area contributed by atoms with E-state index in [1.807, 2.05) is 0 Å². The molecule has 0 fully saturated rings.